The van der Waals surface area contributed by atoms with Gasteiger partial charge in [0.05, 0.1) is 17.0 Å². The topological polar surface area (TPSA) is 101 Å². The summed E-state index contributed by atoms with van der Waals surface area (Å²) < 4.78 is 0. The zero-order valence-electron chi connectivity index (χ0n) is 16.6. The average Bonchev–Trinajstić information content (AvgIpc) is 2.77. The van der Waals surface area contributed by atoms with Crippen LogP contribution in [0.2, 0.25) is 0 Å². The Morgan fingerprint density at radius 1 is 0.871 bits per heavy atom. The Balaban J connectivity index is 1.54. The van der Waals surface area contributed by atoms with E-state index in [9.17, 15) is 14.4 Å². The average molecular weight is 432 g/mol. The number of para-hydroxylation sites is 1. The van der Waals surface area contributed by atoms with Gasteiger partial charge in [0.15, 0.2) is 0 Å². The lowest BCUT2D eigenvalue weighted by molar-refractivity contribution is -0.114. The van der Waals surface area contributed by atoms with Crippen molar-refractivity contribution in [1.82, 2.24) is 0 Å². The molecule has 3 rings (SSSR count). The number of carbonyl (C=O) groups is 3. The monoisotopic (exact) mass is 431 g/mol. The van der Waals surface area contributed by atoms with E-state index < -0.39 is 5.91 Å². The zero-order chi connectivity index (χ0) is 22.1. The van der Waals surface area contributed by atoms with Crippen molar-refractivity contribution in [3.8, 4) is 0 Å². The molecule has 3 aromatic rings. The van der Waals surface area contributed by atoms with Gasteiger partial charge in [-0.3, -0.25) is 14.4 Å². The number of anilines is 2. The fraction of sp³-hybridized carbons (Fsp3) is 0.0417. The van der Waals surface area contributed by atoms with Crippen LogP contribution in [0.5, 0.6) is 0 Å². The van der Waals surface area contributed by atoms with Crippen molar-refractivity contribution in [3.05, 3.63) is 96.1 Å². The first-order valence-electron chi connectivity index (χ1n) is 9.47. The zero-order valence-corrected chi connectivity index (χ0v) is 17.4. The van der Waals surface area contributed by atoms with E-state index >= 15 is 0 Å². The molecule has 0 heterocycles. The second-order valence-corrected chi connectivity index (χ2v) is 7.56. The molecule has 7 heteroatoms. The molecule has 31 heavy (non-hydrogen) atoms. The van der Waals surface area contributed by atoms with Gasteiger partial charge in [-0.1, -0.05) is 48.5 Å². The lowest BCUT2D eigenvalue weighted by Gasteiger charge is -2.09. The molecule has 0 radical (unpaired) electrons. The highest BCUT2D eigenvalue weighted by Crippen LogP contribution is 2.22. The SMILES string of the molecule is NC(=O)c1ccccc1NC(=O)CSc1cccc(NC(=O)/C=C/c2ccccc2)c1. The Labute approximate surface area is 184 Å². The highest BCUT2D eigenvalue weighted by Gasteiger charge is 2.11. The van der Waals surface area contributed by atoms with E-state index in [4.69, 9.17) is 5.73 Å². The number of hydrogen-bond donors (Lipinski definition) is 3. The van der Waals surface area contributed by atoms with Crippen molar-refractivity contribution < 1.29 is 14.4 Å². The quantitative estimate of drug-likeness (QED) is 0.368. The Bertz CT molecular complexity index is 1110. The van der Waals surface area contributed by atoms with Gasteiger partial charge >= 0.3 is 0 Å². The first-order chi connectivity index (χ1) is 15.0. The van der Waals surface area contributed by atoms with Crippen LogP contribution in [0.25, 0.3) is 6.08 Å². The molecular formula is C24H21N3O3S. The van der Waals surface area contributed by atoms with Crippen LogP contribution in [0.3, 0.4) is 0 Å². The molecular weight excluding hydrogens is 410 g/mol. The van der Waals surface area contributed by atoms with Gasteiger partial charge in [-0.25, -0.2) is 0 Å². The fourth-order valence-electron chi connectivity index (χ4n) is 2.73. The summed E-state index contributed by atoms with van der Waals surface area (Å²) in [7, 11) is 0. The summed E-state index contributed by atoms with van der Waals surface area (Å²) in [6.07, 6.45) is 3.21. The second kappa shape index (κ2) is 10.8. The van der Waals surface area contributed by atoms with Gasteiger partial charge in [0.2, 0.25) is 11.8 Å². The molecule has 0 aromatic heterocycles. The Kier molecular flexibility index (Phi) is 7.61. The summed E-state index contributed by atoms with van der Waals surface area (Å²) >= 11 is 1.32. The summed E-state index contributed by atoms with van der Waals surface area (Å²) in [5.41, 5.74) is 7.54. The van der Waals surface area contributed by atoms with Crippen LogP contribution in [0.15, 0.2) is 89.8 Å². The molecule has 0 aliphatic carbocycles. The van der Waals surface area contributed by atoms with Crippen LogP contribution in [-0.2, 0) is 9.59 Å². The number of nitrogens with two attached hydrogens (primary N) is 1. The molecule has 156 valence electrons. The number of carbonyl (C=O) groups excluding carboxylic acids is 3. The van der Waals surface area contributed by atoms with Crippen LogP contribution in [-0.4, -0.2) is 23.5 Å². The third-order valence-corrected chi connectivity index (χ3v) is 5.16. The number of amides is 3. The van der Waals surface area contributed by atoms with Crippen molar-refractivity contribution in [2.24, 2.45) is 5.73 Å². The molecule has 0 aliphatic heterocycles. The van der Waals surface area contributed by atoms with Gasteiger partial charge in [0, 0.05) is 16.7 Å². The van der Waals surface area contributed by atoms with Crippen molar-refractivity contribution in [1.29, 1.82) is 0 Å². The molecule has 0 saturated carbocycles. The Morgan fingerprint density at radius 3 is 2.39 bits per heavy atom. The third kappa shape index (κ3) is 6.87. The predicted molar refractivity (Wildman–Crippen MR) is 125 cm³/mol. The lowest BCUT2D eigenvalue weighted by Crippen LogP contribution is -2.19. The van der Waals surface area contributed by atoms with Crippen molar-refractivity contribution in [2.75, 3.05) is 16.4 Å². The molecule has 0 saturated heterocycles. The minimum atomic E-state index is -0.603. The summed E-state index contributed by atoms with van der Waals surface area (Å²) in [6, 6.07) is 23.4. The first-order valence-corrected chi connectivity index (χ1v) is 10.5. The minimum Gasteiger partial charge on any atom is -0.366 e. The molecule has 0 bridgehead atoms. The van der Waals surface area contributed by atoms with Gasteiger partial charge in [-0.2, -0.15) is 0 Å². The molecule has 0 atom stereocenters. The standard InChI is InChI=1S/C24H21N3O3S/c25-24(30)20-11-4-5-12-21(20)27-23(29)16-31-19-10-6-9-18(15-19)26-22(28)14-13-17-7-2-1-3-8-17/h1-15H,16H2,(H2,25,30)(H,26,28)(H,27,29)/b14-13+. The first kappa shape index (κ1) is 21.9. The minimum absolute atomic E-state index is 0.137. The number of nitrogens with one attached hydrogen (secondary N) is 2. The molecule has 0 spiro atoms. The molecule has 4 N–H and O–H groups in total. The largest absolute Gasteiger partial charge is 0.366 e. The van der Waals surface area contributed by atoms with Crippen LogP contribution < -0.4 is 16.4 Å². The van der Waals surface area contributed by atoms with E-state index in [0.717, 1.165) is 10.5 Å². The van der Waals surface area contributed by atoms with Crippen molar-refractivity contribution in [2.45, 2.75) is 4.90 Å². The molecule has 3 amide bonds. The van der Waals surface area contributed by atoms with Crippen LogP contribution >= 0.6 is 11.8 Å². The van der Waals surface area contributed by atoms with E-state index in [0.29, 0.717) is 11.4 Å². The summed E-state index contributed by atoms with van der Waals surface area (Å²) in [5, 5.41) is 5.51. The number of benzene rings is 3. The number of primary amides is 1. The van der Waals surface area contributed by atoms with Gasteiger partial charge in [0.1, 0.15) is 0 Å². The lowest BCUT2D eigenvalue weighted by atomic mass is 10.1. The van der Waals surface area contributed by atoms with E-state index in [1.165, 1.54) is 17.8 Å². The Morgan fingerprint density at radius 2 is 1.61 bits per heavy atom. The van der Waals surface area contributed by atoms with E-state index in [-0.39, 0.29) is 23.1 Å². The highest BCUT2D eigenvalue weighted by atomic mass is 32.2. The molecule has 0 aliphatic rings. The van der Waals surface area contributed by atoms with Crippen LogP contribution in [0.1, 0.15) is 15.9 Å². The molecule has 3 aromatic carbocycles. The van der Waals surface area contributed by atoms with Crippen molar-refractivity contribution >= 4 is 46.9 Å². The molecule has 6 nitrogen and oxygen atoms in total. The number of thioether (sulfide) groups is 1. The van der Waals surface area contributed by atoms with Gasteiger partial charge in [-0.05, 0) is 42.0 Å². The van der Waals surface area contributed by atoms with E-state index in [1.807, 2.05) is 36.4 Å². The number of hydrogen-bond acceptors (Lipinski definition) is 4. The maximum atomic E-state index is 12.3. The summed E-state index contributed by atoms with van der Waals surface area (Å²) in [4.78, 5) is 36.7. The van der Waals surface area contributed by atoms with Crippen LogP contribution in [0, 0.1) is 0 Å². The maximum Gasteiger partial charge on any atom is 0.250 e. The summed E-state index contributed by atoms with van der Waals surface area (Å²) in [6.45, 7) is 0. The van der Waals surface area contributed by atoms with Gasteiger partial charge in [0.25, 0.3) is 5.91 Å². The Hall–Kier alpha value is -3.84. The van der Waals surface area contributed by atoms with E-state index in [2.05, 4.69) is 10.6 Å². The number of rotatable bonds is 8. The maximum absolute atomic E-state index is 12.3. The second-order valence-electron chi connectivity index (χ2n) is 6.51. The van der Waals surface area contributed by atoms with Crippen molar-refractivity contribution in [3.63, 3.8) is 0 Å². The smallest absolute Gasteiger partial charge is 0.250 e. The van der Waals surface area contributed by atoms with Gasteiger partial charge < -0.3 is 16.4 Å². The third-order valence-electron chi connectivity index (χ3n) is 4.16. The van der Waals surface area contributed by atoms with Crippen LogP contribution in [0.4, 0.5) is 11.4 Å². The highest BCUT2D eigenvalue weighted by molar-refractivity contribution is 8.00. The van der Waals surface area contributed by atoms with E-state index in [1.54, 1.807) is 48.5 Å². The summed E-state index contributed by atoms with van der Waals surface area (Å²) in [5.74, 6) is -0.975. The normalized spacial score (nSPS) is 10.6. The predicted octanol–water partition coefficient (Wildman–Crippen LogP) is 4.17. The molecule has 0 unspecified atom stereocenters. The van der Waals surface area contributed by atoms with Gasteiger partial charge in [-0.15, -0.1) is 11.8 Å². The molecule has 0 fully saturated rings. The fourth-order valence-corrected chi connectivity index (χ4v) is 3.48.